The lowest BCUT2D eigenvalue weighted by molar-refractivity contribution is -0.121. The van der Waals surface area contributed by atoms with Crippen LogP contribution in [0, 0.1) is 19.7 Å². The molecule has 3 rings (SSSR count). The summed E-state index contributed by atoms with van der Waals surface area (Å²) < 4.78 is 13.8. The first-order valence-electron chi connectivity index (χ1n) is 8.31. The van der Waals surface area contributed by atoms with Crippen LogP contribution < -0.4 is 4.90 Å². The van der Waals surface area contributed by atoms with Crippen molar-refractivity contribution in [1.29, 1.82) is 0 Å². The zero-order chi connectivity index (χ0) is 18.1. The Balaban J connectivity index is 1.79. The smallest absolute Gasteiger partial charge is 0.254 e. The number of benzene rings is 2. The van der Waals surface area contributed by atoms with E-state index in [0.29, 0.717) is 12.1 Å². The number of carbonyl (C=O) groups excluding carboxylic acids is 2. The maximum atomic E-state index is 13.8. The summed E-state index contributed by atoms with van der Waals surface area (Å²) in [6.07, 6.45) is 0. The van der Waals surface area contributed by atoms with Crippen LogP contribution in [0.3, 0.4) is 0 Å². The Hall–Kier alpha value is -2.69. The highest BCUT2D eigenvalue weighted by molar-refractivity contribution is 6.02. The fourth-order valence-corrected chi connectivity index (χ4v) is 2.99. The normalized spacial score (nSPS) is 17.8. The third-order valence-corrected chi connectivity index (χ3v) is 4.61. The molecule has 1 saturated heterocycles. The Morgan fingerprint density at radius 2 is 1.80 bits per heavy atom. The minimum Gasteiger partial charge on any atom is -0.325 e. The lowest BCUT2D eigenvalue weighted by atomic mass is 10.1. The SMILES string of the molecule is Cc1ccc(N2C[C@@H](C)N(C(=O)c3ccc(C)c(F)c3)CC2=O)cc1. The van der Waals surface area contributed by atoms with Crippen molar-refractivity contribution in [3.8, 4) is 0 Å². The number of rotatable bonds is 2. The molecule has 0 unspecified atom stereocenters. The molecule has 0 saturated carbocycles. The van der Waals surface area contributed by atoms with E-state index in [1.807, 2.05) is 38.1 Å². The van der Waals surface area contributed by atoms with E-state index in [0.717, 1.165) is 11.3 Å². The Labute approximate surface area is 146 Å². The zero-order valence-electron chi connectivity index (χ0n) is 14.6. The van der Waals surface area contributed by atoms with Crippen LogP contribution in [0.25, 0.3) is 0 Å². The molecule has 25 heavy (non-hydrogen) atoms. The summed E-state index contributed by atoms with van der Waals surface area (Å²) in [5.41, 5.74) is 2.71. The molecule has 1 atom stereocenters. The molecule has 1 heterocycles. The quantitative estimate of drug-likeness (QED) is 0.841. The molecule has 4 nitrogen and oxygen atoms in total. The molecule has 0 aromatic heterocycles. The summed E-state index contributed by atoms with van der Waals surface area (Å²) in [5.74, 6) is -0.866. The van der Waals surface area contributed by atoms with Crippen LogP contribution in [-0.2, 0) is 4.79 Å². The first-order chi connectivity index (χ1) is 11.9. The number of piperazine rings is 1. The molecule has 1 fully saturated rings. The number of halogens is 1. The number of hydrogen-bond donors (Lipinski definition) is 0. The van der Waals surface area contributed by atoms with Gasteiger partial charge >= 0.3 is 0 Å². The average Bonchev–Trinajstić information content (AvgIpc) is 2.59. The van der Waals surface area contributed by atoms with Crippen LogP contribution in [0.1, 0.15) is 28.4 Å². The molecule has 2 aromatic rings. The van der Waals surface area contributed by atoms with E-state index in [2.05, 4.69) is 0 Å². The van der Waals surface area contributed by atoms with Crippen LogP contribution in [0.4, 0.5) is 10.1 Å². The molecule has 1 aliphatic rings. The van der Waals surface area contributed by atoms with Gasteiger partial charge in [-0.25, -0.2) is 4.39 Å². The zero-order valence-corrected chi connectivity index (χ0v) is 14.6. The van der Waals surface area contributed by atoms with Crippen molar-refractivity contribution < 1.29 is 14.0 Å². The topological polar surface area (TPSA) is 40.6 Å². The molecule has 0 N–H and O–H groups in total. The number of carbonyl (C=O) groups is 2. The highest BCUT2D eigenvalue weighted by Crippen LogP contribution is 2.22. The highest BCUT2D eigenvalue weighted by atomic mass is 19.1. The lowest BCUT2D eigenvalue weighted by Gasteiger charge is -2.39. The van der Waals surface area contributed by atoms with Gasteiger partial charge in [0.2, 0.25) is 5.91 Å². The maximum Gasteiger partial charge on any atom is 0.254 e. The van der Waals surface area contributed by atoms with E-state index in [1.54, 1.807) is 24.0 Å². The molecule has 0 spiro atoms. The van der Waals surface area contributed by atoms with Crippen LogP contribution >= 0.6 is 0 Å². The van der Waals surface area contributed by atoms with E-state index in [9.17, 15) is 14.0 Å². The van der Waals surface area contributed by atoms with E-state index >= 15 is 0 Å². The third kappa shape index (κ3) is 3.40. The second-order valence-electron chi connectivity index (χ2n) is 6.59. The van der Waals surface area contributed by atoms with Crippen molar-refractivity contribution in [2.75, 3.05) is 18.0 Å². The number of anilines is 1. The number of amides is 2. The van der Waals surface area contributed by atoms with Crippen molar-refractivity contribution >= 4 is 17.5 Å². The van der Waals surface area contributed by atoms with Crippen LogP contribution in [0.15, 0.2) is 42.5 Å². The molecular formula is C20H21FN2O2. The van der Waals surface area contributed by atoms with Gasteiger partial charge in [0.05, 0.1) is 0 Å². The van der Waals surface area contributed by atoms with Gasteiger partial charge in [-0.05, 0) is 50.6 Å². The molecule has 2 aromatic carbocycles. The van der Waals surface area contributed by atoms with Gasteiger partial charge in [-0.3, -0.25) is 9.59 Å². The standard InChI is InChI=1S/C20H21FN2O2/c1-13-4-8-17(9-5-13)23-11-15(3)22(12-19(23)24)20(25)16-7-6-14(2)18(21)10-16/h4-10,15H,11-12H2,1-3H3/t15-/m1/s1. The van der Waals surface area contributed by atoms with Crippen molar-refractivity contribution in [2.45, 2.75) is 26.8 Å². The summed E-state index contributed by atoms with van der Waals surface area (Å²) in [6.45, 7) is 5.95. The summed E-state index contributed by atoms with van der Waals surface area (Å²) in [7, 11) is 0. The maximum absolute atomic E-state index is 13.8. The molecular weight excluding hydrogens is 319 g/mol. The van der Waals surface area contributed by atoms with Crippen molar-refractivity contribution in [3.05, 3.63) is 65.0 Å². The fourth-order valence-electron chi connectivity index (χ4n) is 2.99. The Morgan fingerprint density at radius 1 is 1.12 bits per heavy atom. The molecule has 1 aliphatic heterocycles. The summed E-state index contributed by atoms with van der Waals surface area (Å²) in [4.78, 5) is 28.5. The predicted molar refractivity (Wildman–Crippen MR) is 95.2 cm³/mol. The van der Waals surface area contributed by atoms with Gasteiger partial charge in [-0.15, -0.1) is 0 Å². The second kappa shape index (κ2) is 6.67. The second-order valence-corrected chi connectivity index (χ2v) is 6.59. The Morgan fingerprint density at radius 3 is 2.44 bits per heavy atom. The van der Waals surface area contributed by atoms with E-state index in [1.165, 1.54) is 11.0 Å². The van der Waals surface area contributed by atoms with Crippen molar-refractivity contribution in [2.24, 2.45) is 0 Å². The van der Waals surface area contributed by atoms with Crippen LogP contribution in [0.2, 0.25) is 0 Å². The largest absolute Gasteiger partial charge is 0.325 e. The Bertz CT molecular complexity index is 817. The van der Waals surface area contributed by atoms with Gasteiger partial charge in [0, 0.05) is 23.8 Å². The third-order valence-electron chi connectivity index (χ3n) is 4.61. The molecule has 130 valence electrons. The molecule has 5 heteroatoms. The number of aryl methyl sites for hydroxylation is 2. The van der Waals surface area contributed by atoms with E-state index in [4.69, 9.17) is 0 Å². The molecule has 0 bridgehead atoms. The van der Waals surface area contributed by atoms with Gasteiger partial charge in [0.1, 0.15) is 12.4 Å². The summed E-state index contributed by atoms with van der Waals surface area (Å²) in [6, 6.07) is 12.0. The molecule has 2 amide bonds. The van der Waals surface area contributed by atoms with Crippen LogP contribution in [-0.4, -0.2) is 35.8 Å². The predicted octanol–water partition coefficient (Wildman–Crippen LogP) is 3.32. The van der Waals surface area contributed by atoms with Gasteiger partial charge in [-0.1, -0.05) is 23.8 Å². The van der Waals surface area contributed by atoms with Gasteiger partial charge in [0.25, 0.3) is 5.91 Å². The van der Waals surface area contributed by atoms with E-state index < -0.39 is 5.82 Å². The fraction of sp³-hybridized carbons (Fsp3) is 0.300. The van der Waals surface area contributed by atoms with Gasteiger partial charge in [-0.2, -0.15) is 0 Å². The van der Waals surface area contributed by atoms with Gasteiger partial charge < -0.3 is 9.80 Å². The first-order valence-corrected chi connectivity index (χ1v) is 8.31. The summed E-state index contributed by atoms with van der Waals surface area (Å²) >= 11 is 0. The molecule has 0 radical (unpaired) electrons. The minimum absolute atomic E-state index is 0.0105. The first kappa shape index (κ1) is 17.1. The van der Waals surface area contributed by atoms with E-state index in [-0.39, 0.29) is 30.0 Å². The average molecular weight is 340 g/mol. The number of hydrogen-bond acceptors (Lipinski definition) is 2. The van der Waals surface area contributed by atoms with Crippen molar-refractivity contribution in [3.63, 3.8) is 0 Å². The summed E-state index contributed by atoms with van der Waals surface area (Å²) in [5, 5.41) is 0. The van der Waals surface area contributed by atoms with Crippen molar-refractivity contribution in [1.82, 2.24) is 4.90 Å². The molecule has 0 aliphatic carbocycles. The monoisotopic (exact) mass is 340 g/mol. The highest BCUT2D eigenvalue weighted by Gasteiger charge is 2.33. The lowest BCUT2D eigenvalue weighted by Crippen LogP contribution is -2.57. The van der Waals surface area contributed by atoms with Crippen LogP contribution in [0.5, 0.6) is 0 Å². The minimum atomic E-state index is -0.414. The number of nitrogens with zero attached hydrogens (tertiary/aromatic N) is 2. The van der Waals surface area contributed by atoms with Gasteiger partial charge in [0.15, 0.2) is 0 Å². The Kier molecular flexibility index (Phi) is 4.57.